The van der Waals surface area contributed by atoms with Gasteiger partial charge in [-0.1, -0.05) is 17.3 Å². The molecule has 0 fully saturated rings. The summed E-state index contributed by atoms with van der Waals surface area (Å²) in [7, 11) is 0. The first-order valence-corrected chi connectivity index (χ1v) is 7.57. The Balaban J connectivity index is 1.99. The van der Waals surface area contributed by atoms with Crippen LogP contribution in [0.2, 0.25) is 0 Å². The number of carbonyl (C=O) groups is 1. The van der Waals surface area contributed by atoms with Crippen LogP contribution in [0.3, 0.4) is 0 Å². The van der Waals surface area contributed by atoms with E-state index in [4.69, 9.17) is 4.52 Å². The summed E-state index contributed by atoms with van der Waals surface area (Å²) >= 11 is 0. The number of halogens is 5. The first-order chi connectivity index (χ1) is 12.7. The average molecular weight is 382 g/mol. The van der Waals surface area contributed by atoms with Crippen molar-refractivity contribution in [2.45, 2.75) is 13.1 Å². The number of anilines is 1. The quantitative estimate of drug-likeness (QED) is 0.634. The number of benzene rings is 2. The number of hydrogen-bond donors (Lipinski definition) is 1. The van der Waals surface area contributed by atoms with Crippen LogP contribution < -0.4 is 5.32 Å². The van der Waals surface area contributed by atoms with Gasteiger partial charge in [0.05, 0.1) is 11.1 Å². The third kappa shape index (κ3) is 3.67. The zero-order valence-corrected chi connectivity index (χ0v) is 13.7. The highest BCUT2D eigenvalue weighted by molar-refractivity contribution is 6.08. The number of aryl methyl sites for hydroxylation is 1. The van der Waals surface area contributed by atoms with Gasteiger partial charge in [-0.25, -0.2) is 8.78 Å². The second kappa shape index (κ2) is 6.82. The molecule has 0 bridgehead atoms. The normalized spacial score (nSPS) is 11.5. The summed E-state index contributed by atoms with van der Waals surface area (Å²) in [6.07, 6.45) is -4.59. The summed E-state index contributed by atoms with van der Waals surface area (Å²) in [4.78, 5) is 12.5. The molecular weight excluding hydrogens is 371 g/mol. The van der Waals surface area contributed by atoms with E-state index in [1.54, 1.807) is 0 Å². The summed E-state index contributed by atoms with van der Waals surface area (Å²) in [5, 5.41) is 5.79. The zero-order valence-electron chi connectivity index (χ0n) is 13.7. The number of carbonyl (C=O) groups excluding carboxylic acids is 1. The van der Waals surface area contributed by atoms with Crippen molar-refractivity contribution in [3.63, 3.8) is 0 Å². The van der Waals surface area contributed by atoms with E-state index in [0.717, 1.165) is 36.4 Å². The fourth-order valence-electron chi connectivity index (χ4n) is 2.50. The van der Waals surface area contributed by atoms with Crippen LogP contribution >= 0.6 is 0 Å². The number of alkyl halides is 3. The lowest BCUT2D eigenvalue weighted by atomic mass is 10.0. The lowest BCUT2D eigenvalue weighted by Gasteiger charge is -2.10. The van der Waals surface area contributed by atoms with Crippen molar-refractivity contribution in [2.24, 2.45) is 0 Å². The molecule has 0 spiro atoms. The first kappa shape index (κ1) is 18.6. The number of hydrogen-bond acceptors (Lipinski definition) is 3. The molecule has 1 N–H and O–H groups in total. The van der Waals surface area contributed by atoms with E-state index in [9.17, 15) is 26.7 Å². The fourth-order valence-corrected chi connectivity index (χ4v) is 2.50. The number of amides is 1. The molecule has 140 valence electrons. The molecule has 3 rings (SSSR count). The molecule has 0 saturated heterocycles. The Morgan fingerprint density at radius 1 is 1.07 bits per heavy atom. The van der Waals surface area contributed by atoms with Crippen molar-refractivity contribution in [2.75, 3.05) is 5.32 Å². The lowest BCUT2D eigenvalue weighted by molar-refractivity contribution is -0.137. The zero-order chi connectivity index (χ0) is 19.8. The lowest BCUT2D eigenvalue weighted by Crippen LogP contribution is -2.15. The minimum absolute atomic E-state index is 0.0443. The van der Waals surface area contributed by atoms with Gasteiger partial charge in [0.1, 0.15) is 28.7 Å². The summed E-state index contributed by atoms with van der Waals surface area (Å²) in [6, 6.07) is 7.07. The summed E-state index contributed by atoms with van der Waals surface area (Å²) in [5.41, 5.74) is -2.33. The smallest absolute Gasteiger partial charge is 0.360 e. The van der Waals surface area contributed by atoms with E-state index in [-0.39, 0.29) is 22.7 Å². The summed E-state index contributed by atoms with van der Waals surface area (Å²) < 4.78 is 71.3. The van der Waals surface area contributed by atoms with E-state index in [1.807, 2.05) is 0 Å². The molecule has 0 unspecified atom stereocenters. The summed E-state index contributed by atoms with van der Waals surface area (Å²) in [5.74, 6) is -2.88. The predicted octanol–water partition coefficient (Wildman–Crippen LogP) is 5.20. The van der Waals surface area contributed by atoms with Crippen molar-refractivity contribution in [1.82, 2.24) is 5.16 Å². The van der Waals surface area contributed by atoms with Gasteiger partial charge in [-0.3, -0.25) is 4.79 Å². The van der Waals surface area contributed by atoms with E-state index in [0.29, 0.717) is 0 Å². The molecule has 3 aromatic rings. The molecule has 1 amide bonds. The standard InChI is InChI=1S/C18H11F5N2O2/c1-9-14(16(25-27-9)15-12(19)6-3-7-13(15)20)17(26)24-11-5-2-4-10(8-11)18(21,22)23/h2-8H,1H3,(H,24,26). The third-order valence-electron chi connectivity index (χ3n) is 3.74. The van der Waals surface area contributed by atoms with E-state index >= 15 is 0 Å². The Kier molecular flexibility index (Phi) is 4.69. The molecule has 0 saturated carbocycles. The van der Waals surface area contributed by atoms with E-state index < -0.39 is 34.8 Å². The molecule has 1 aromatic heterocycles. The van der Waals surface area contributed by atoms with Crippen molar-refractivity contribution in [1.29, 1.82) is 0 Å². The largest absolute Gasteiger partial charge is 0.416 e. The van der Waals surface area contributed by atoms with E-state index in [1.165, 1.54) is 13.0 Å². The van der Waals surface area contributed by atoms with Gasteiger partial charge in [-0.2, -0.15) is 13.2 Å². The third-order valence-corrected chi connectivity index (χ3v) is 3.74. The van der Waals surface area contributed by atoms with Crippen LogP contribution in [0.5, 0.6) is 0 Å². The maximum Gasteiger partial charge on any atom is 0.416 e. The molecule has 0 aliphatic heterocycles. The second-order valence-electron chi connectivity index (χ2n) is 5.59. The van der Waals surface area contributed by atoms with Gasteiger partial charge in [0.25, 0.3) is 5.91 Å². The van der Waals surface area contributed by atoms with Crippen LogP contribution in [0, 0.1) is 18.6 Å². The first-order valence-electron chi connectivity index (χ1n) is 7.57. The van der Waals surface area contributed by atoms with E-state index in [2.05, 4.69) is 10.5 Å². The average Bonchev–Trinajstić information content (AvgIpc) is 2.95. The molecule has 0 aliphatic rings. The number of rotatable bonds is 3. The molecule has 0 radical (unpaired) electrons. The monoisotopic (exact) mass is 382 g/mol. The maximum atomic E-state index is 14.0. The molecule has 9 heteroatoms. The predicted molar refractivity (Wildman–Crippen MR) is 86.0 cm³/mol. The topological polar surface area (TPSA) is 55.1 Å². The van der Waals surface area contributed by atoms with Gasteiger partial charge >= 0.3 is 6.18 Å². The molecule has 0 aliphatic carbocycles. The van der Waals surface area contributed by atoms with Crippen molar-refractivity contribution >= 4 is 11.6 Å². The van der Waals surface area contributed by atoms with Crippen LogP contribution in [-0.2, 0) is 6.18 Å². The van der Waals surface area contributed by atoms with Crippen LogP contribution in [0.15, 0.2) is 47.0 Å². The second-order valence-corrected chi connectivity index (χ2v) is 5.59. The van der Waals surface area contributed by atoms with Gasteiger partial charge in [-0.15, -0.1) is 0 Å². The fraction of sp³-hybridized carbons (Fsp3) is 0.111. The molecule has 4 nitrogen and oxygen atoms in total. The van der Waals surface area contributed by atoms with Gasteiger partial charge < -0.3 is 9.84 Å². The van der Waals surface area contributed by atoms with Crippen LogP contribution in [0.25, 0.3) is 11.3 Å². The number of aromatic nitrogens is 1. The molecule has 27 heavy (non-hydrogen) atoms. The molecule has 2 aromatic carbocycles. The molecule has 0 atom stereocenters. The van der Waals surface area contributed by atoms with Crippen molar-refractivity contribution in [3.8, 4) is 11.3 Å². The minimum atomic E-state index is -4.59. The Labute approximate surface area is 149 Å². The maximum absolute atomic E-state index is 14.0. The SMILES string of the molecule is Cc1onc(-c2c(F)cccc2F)c1C(=O)Nc1cccc(C(F)(F)F)c1. The Morgan fingerprint density at radius 2 is 1.70 bits per heavy atom. The number of nitrogens with one attached hydrogen (secondary N) is 1. The molecular formula is C18H11F5N2O2. The minimum Gasteiger partial charge on any atom is -0.360 e. The molecule has 1 heterocycles. The van der Waals surface area contributed by atoms with Gasteiger partial charge in [-0.05, 0) is 37.3 Å². The van der Waals surface area contributed by atoms with Crippen molar-refractivity contribution < 1.29 is 31.3 Å². The summed E-state index contributed by atoms with van der Waals surface area (Å²) in [6.45, 7) is 1.34. The van der Waals surface area contributed by atoms with Crippen molar-refractivity contribution in [3.05, 3.63) is 71.0 Å². The highest BCUT2D eigenvalue weighted by Crippen LogP contribution is 2.32. The van der Waals surface area contributed by atoms with Crippen LogP contribution in [0.4, 0.5) is 27.6 Å². The van der Waals surface area contributed by atoms with Crippen LogP contribution in [-0.4, -0.2) is 11.1 Å². The number of nitrogens with zero attached hydrogens (tertiary/aromatic N) is 1. The van der Waals surface area contributed by atoms with Gasteiger partial charge in [0, 0.05) is 5.69 Å². The van der Waals surface area contributed by atoms with Gasteiger partial charge in [0.15, 0.2) is 0 Å². The highest BCUT2D eigenvalue weighted by Gasteiger charge is 2.31. The van der Waals surface area contributed by atoms with Crippen LogP contribution in [0.1, 0.15) is 21.7 Å². The Bertz CT molecular complexity index is 991. The van der Waals surface area contributed by atoms with Gasteiger partial charge in [0.2, 0.25) is 0 Å². The Morgan fingerprint density at radius 3 is 2.33 bits per heavy atom. The highest BCUT2D eigenvalue weighted by atomic mass is 19.4. The Hall–Kier alpha value is -3.23.